The number of rotatable bonds is 2. The van der Waals surface area contributed by atoms with Crippen molar-refractivity contribution in [2.24, 2.45) is 0 Å². The van der Waals surface area contributed by atoms with Crippen LogP contribution >= 0.6 is 11.6 Å². The fraction of sp³-hybridized carbons (Fsp3) is 0.0909. The molecule has 0 saturated carbocycles. The number of carboxylic acids is 1. The standard InChI is InChI=1S/C11H8ClFN2O2/c1-6-9(11(16)17)10(12)15(14-6)8-4-2-7(13)3-5-8/h2-5H,1H3,(H,16,17). The van der Waals surface area contributed by atoms with Crippen molar-refractivity contribution in [2.45, 2.75) is 6.92 Å². The van der Waals surface area contributed by atoms with Gasteiger partial charge in [0.2, 0.25) is 0 Å². The largest absolute Gasteiger partial charge is 0.478 e. The number of nitrogens with zero attached hydrogens (tertiary/aromatic N) is 2. The number of halogens is 2. The molecule has 0 spiro atoms. The van der Waals surface area contributed by atoms with E-state index in [2.05, 4.69) is 5.10 Å². The molecule has 0 amide bonds. The molecule has 1 N–H and O–H groups in total. The van der Waals surface area contributed by atoms with Gasteiger partial charge in [-0.2, -0.15) is 5.10 Å². The number of aromatic nitrogens is 2. The van der Waals surface area contributed by atoms with Gasteiger partial charge in [0.05, 0.1) is 11.4 Å². The molecule has 2 aromatic rings. The molecule has 0 aliphatic rings. The van der Waals surface area contributed by atoms with Crippen LogP contribution in [0.15, 0.2) is 24.3 Å². The van der Waals surface area contributed by atoms with Crippen molar-refractivity contribution in [3.63, 3.8) is 0 Å². The number of hydrogen-bond donors (Lipinski definition) is 1. The number of aryl methyl sites for hydroxylation is 1. The van der Waals surface area contributed by atoms with Gasteiger partial charge in [0.25, 0.3) is 0 Å². The van der Waals surface area contributed by atoms with Gasteiger partial charge in [-0.25, -0.2) is 13.9 Å². The number of carbonyl (C=O) groups is 1. The quantitative estimate of drug-likeness (QED) is 0.896. The highest BCUT2D eigenvalue weighted by Gasteiger charge is 2.20. The van der Waals surface area contributed by atoms with Crippen LogP contribution in [0.5, 0.6) is 0 Å². The Labute approximate surface area is 101 Å². The minimum atomic E-state index is -1.14. The summed E-state index contributed by atoms with van der Waals surface area (Å²) in [5.41, 5.74) is 0.773. The molecule has 4 nitrogen and oxygen atoms in total. The van der Waals surface area contributed by atoms with Crippen molar-refractivity contribution in [1.82, 2.24) is 9.78 Å². The second-order valence-electron chi connectivity index (χ2n) is 3.44. The molecule has 0 aliphatic carbocycles. The molecule has 2 rings (SSSR count). The predicted molar refractivity (Wildman–Crippen MR) is 60.2 cm³/mol. The summed E-state index contributed by atoms with van der Waals surface area (Å²) in [6, 6.07) is 5.45. The summed E-state index contributed by atoms with van der Waals surface area (Å²) in [4.78, 5) is 10.9. The zero-order valence-electron chi connectivity index (χ0n) is 8.82. The van der Waals surface area contributed by atoms with E-state index in [0.29, 0.717) is 11.4 Å². The molecule has 88 valence electrons. The van der Waals surface area contributed by atoms with E-state index >= 15 is 0 Å². The van der Waals surface area contributed by atoms with Crippen molar-refractivity contribution in [3.05, 3.63) is 46.5 Å². The van der Waals surface area contributed by atoms with Gasteiger partial charge in [0.15, 0.2) is 0 Å². The van der Waals surface area contributed by atoms with E-state index in [-0.39, 0.29) is 16.5 Å². The number of carboxylic acid groups (broad SMARTS) is 1. The Morgan fingerprint density at radius 3 is 2.47 bits per heavy atom. The highest BCUT2D eigenvalue weighted by molar-refractivity contribution is 6.32. The van der Waals surface area contributed by atoms with Crippen molar-refractivity contribution in [1.29, 1.82) is 0 Å². The lowest BCUT2D eigenvalue weighted by molar-refractivity contribution is 0.0696. The van der Waals surface area contributed by atoms with Crippen LogP contribution < -0.4 is 0 Å². The van der Waals surface area contributed by atoms with Crippen molar-refractivity contribution in [2.75, 3.05) is 0 Å². The highest BCUT2D eigenvalue weighted by atomic mass is 35.5. The molecule has 6 heteroatoms. The fourth-order valence-electron chi connectivity index (χ4n) is 1.50. The maximum atomic E-state index is 12.8. The van der Waals surface area contributed by atoms with Crippen LogP contribution in [0.3, 0.4) is 0 Å². The van der Waals surface area contributed by atoms with Gasteiger partial charge in [-0.1, -0.05) is 11.6 Å². The molecule has 0 bridgehead atoms. The monoisotopic (exact) mass is 254 g/mol. The number of benzene rings is 1. The van der Waals surface area contributed by atoms with Gasteiger partial charge < -0.3 is 5.11 Å². The van der Waals surface area contributed by atoms with E-state index in [0.717, 1.165) is 0 Å². The van der Waals surface area contributed by atoms with Gasteiger partial charge in [0, 0.05) is 0 Å². The average molecular weight is 255 g/mol. The molecule has 0 aliphatic heterocycles. The summed E-state index contributed by atoms with van der Waals surface area (Å²) in [6.45, 7) is 1.55. The summed E-state index contributed by atoms with van der Waals surface area (Å²) in [7, 11) is 0. The van der Waals surface area contributed by atoms with E-state index in [9.17, 15) is 9.18 Å². The minimum absolute atomic E-state index is 0.00149. The van der Waals surface area contributed by atoms with E-state index in [1.54, 1.807) is 6.92 Å². The third-order valence-corrected chi connectivity index (χ3v) is 2.64. The van der Waals surface area contributed by atoms with Crippen molar-refractivity contribution in [3.8, 4) is 5.69 Å². The molecule has 0 atom stereocenters. The molecule has 0 radical (unpaired) electrons. The summed E-state index contributed by atoms with van der Waals surface area (Å²) < 4.78 is 14.0. The summed E-state index contributed by atoms with van der Waals surface area (Å²) in [5, 5.41) is 13.0. The van der Waals surface area contributed by atoms with E-state index < -0.39 is 5.97 Å². The topological polar surface area (TPSA) is 55.1 Å². The molecule has 0 saturated heterocycles. The molecular weight excluding hydrogens is 247 g/mol. The van der Waals surface area contributed by atoms with Crippen LogP contribution in [0.25, 0.3) is 5.69 Å². The SMILES string of the molecule is Cc1nn(-c2ccc(F)cc2)c(Cl)c1C(=O)O. The van der Waals surface area contributed by atoms with Crippen LogP contribution in [-0.2, 0) is 0 Å². The Kier molecular flexibility index (Phi) is 2.85. The number of aromatic carboxylic acids is 1. The fourth-order valence-corrected chi connectivity index (χ4v) is 1.85. The lowest BCUT2D eigenvalue weighted by Gasteiger charge is -2.02. The second-order valence-corrected chi connectivity index (χ2v) is 3.80. The third-order valence-electron chi connectivity index (χ3n) is 2.29. The predicted octanol–water partition coefficient (Wildman–Crippen LogP) is 2.67. The Bertz CT molecular complexity index is 578. The smallest absolute Gasteiger partial charge is 0.340 e. The normalized spacial score (nSPS) is 10.5. The van der Waals surface area contributed by atoms with Crippen LogP contribution in [0.4, 0.5) is 4.39 Å². The van der Waals surface area contributed by atoms with Gasteiger partial charge in [-0.3, -0.25) is 0 Å². The van der Waals surface area contributed by atoms with Crippen LogP contribution in [-0.4, -0.2) is 20.9 Å². The Morgan fingerprint density at radius 2 is 2.00 bits per heavy atom. The summed E-state index contributed by atoms with van der Waals surface area (Å²) in [5.74, 6) is -1.52. The highest BCUT2D eigenvalue weighted by Crippen LogP contribution is 2.23. The van der Waals surface area contributed by atoms with Gasteiger partial charge in [-0.15, -0.1) is 0 Å². The summed E-state index contributed by atoms with van der Waals surface area (Å²) in [6.07, 6.45) is 0. The zero-order chi connectivity index (χ0) is 12.6. The van der Waals surface area contributed by atoms with Crippen LogP contribution in [0, 0.1) is 12.7 Å². The van der Waals surface area contributed by atoms with Crippen molar-refractivity contribution >= 4 is 17.6 Å². The first-order valence-corrected chi connectivity index (χ1v) is 5.13. The first-order chi connectivity index (χ1) is 8.00. The molecule has 1 heterocycles. The Balaban J connectivity index is 2.57. The van der Waals surface area contributed by atoms with Crippen molar-refractivity contribution < 1.29 is 14.3 Å². The zero-order valence-corrected chi connectivity index (χ0v) is 9.57. The van der Waals surface area contributed by atoms with E-state index in [4.69, 9.17) is 16.7 Å². The number of hydrogen-bond acceptors (Lipinski definition) is 2. The molecule has 1 aromatic heterocycles. The molecule has 17 heavy (non-hydrogen) atoms. The molecule has 0 fully saturated rings. The van der Waals surface area contributed by atoms with E-state index in [1.165, 1.54) is 28.9 Å². The van der Waals surface area contributed by atoms with Gasteiger partial charge in [-0.05, 0) is 31.2 Å². The first kappa shape index (κ1) is 11.6. The van der Waals surface area contributed by atoms with Gasteiger partial charge in [0.1, 0.15) is 16.5 Å². The molecule has 0 unspecified atom stereocenters. The third kappa shape index (κ3) is 2.01. The second kappa shape index (κ2) is 4.18. The molecule has 1 aromatic carbocycles. The first-order valence-electron chi connectivity index (χ1n) is 4.75. The van der Waals surface area contributed by atoms with Gasteiger partial charge >= 0.3 is 5.97 Å². The lowest BCUT2D eigenvalue weighted by Crippen LogP contribution is -1.99. The average Bonchev–Trinajstić information content (AvgIpc) is 2.55. The van der Waals surface area contributed by atoms with E-state index in [1.807, 2.05) is 0 Å². The maximum absolute atomic E-state index is 12.8. The minimum Gasteiger partial charge on any atom is -0.478 e. The maximum Gasteiger partial charge on any atom is 0.340 e. The molecular formula is C11H8ClFN2O2. The summed E-state index contributed by atoms with van der Waals surface area (Å²) >= 11 is 5.92. The Morgan fingerprint density at radius 1 is 1.41 bits per heavy atom. The Hall–Kier alpha value is -1.88. The lowest BCUT2D eigenvalue weighted by atomic mass is 10.3. The van der Waals surface area contributed by atoms with Crippen LogP contribution in [0.1, 0.15) is 16.1 Å². The van der Waals surface area contributed by atoms with Crippen LogP contribution in [0.2, 0.25) is 5.15 Å².